The number of halogens is 1. The van der Waals surface area contributed by atoms with Crippen molar-refractivity contribution in [3.63, 3.8) is 0 Å². The number of rotatable bonds is 6. The lowest BCUT2D eigenvalue weighted by Gasteiger charge is -2.42. The van der Waals surface area contributed by atoms with Gasteiger partial charge in [-0.15, -0.1) is 0 Å². The van der Waals surface area contributed by atoms with Gasteiger partial charge in [0.25, 0.3) is 0 Å². The first kappa shape index (κ1) is 27.7. The fraction of sp³-hybridized carbons (Fsp3) is 0.500. The molecule has 0 spiro atoms. The van der Waals surface area contributed by atoms with Crippen LogP contribution in [-0.2, 0) is 22.5 Å². The van der Waals surface area contributed by atoms with E-state index in [1.54, 1.807) is 40.0 Å². The van der Waals surface area contributed by atoms with E-state index in [0.717, 1.165) is 5.56 Å². The smallest absolute Gasteiger partial charge is 0.410 e. The third kappa shape index (κ3) is 6.02. The number of ether oxygens (including phenoxy) is 3. The predicted octanol–water partition coefficient (Wildman–Crippen LogP) is 3.43. The van der Waals surface area contributed by atoms with E-state index in [2.05, 4.69) is 0 Å². The molecular weight excluding hydrogens is 495 g/mol. The predicted molar refractivity (Wildman–Crippen MR) is 138 cm³/mol. The summed E-state index contributed by atoms with van der Waals surface area (Å²) in [5.74, 6) is 0.271. The molecule has 206 valence electrons. The Morgan fingerprint density at radius 3 is 2.50 bits per heavy atom. The third-order valence-corrected chi connectivity index (χ3v) is 6.81. The highest BCUT2D eigenvalue weighted by atomic mass is 19.1. The monoisotopic (exact) mass is 530 g/mol. The number of carbonyl (C=O) groups excluding carboxylic acids is 2. The van der Waals surface area contributed by atoms with Gasteiger partial charge in [0.2, 0.25) is 5.91 Å². The second-order valence-electron chi connectivity index (χ2n) is 10.8. The van der Waals surface area contributed by atoms with Crippen LogP contribution in [0, 0.1) is 5.82 Å². The van der Waals surface area contributed by atoms with Crippen LogP contribution < -0.4 is 14.4 Å². The molecule has 10 heteroatoms. The van der Waals surface area contributed by atoms with Crippen LogP contribution in [0.5, 0.6) is 11.5 Å². The number of β-amino-alcohol motifs (C(OH)–C–C–N with tert-alkyl or cyclic N) is 1. The van der Waals surface area contributed by atoms with Crippen LogP contribution in [0.1, 0.15) is 44.7 Å². The molecule has 2 heterocycles. The Labute approximate surface area is 221 Å². The number of hydrogen-bond acceptors (Lipinski definition) is 7. The van der Waals surface area contributed by atoms with Crippen LogP contribution in [0.25, 0.3) is 0 Å². The minimum absolute atomic E-state index is 0.0683. The maximum absolute atomic E-state index is 15.1. The summed E-state index contributed by atoms with van der Waals surface area (Å²) in [6.45, 7) is 5.25. The molecule has 1 saturated heterocycles. The van der Waals surface area contributed by atoms with Gasteiger partial charge in [0, 0.05) is 18.5 Å². The zero-order chi connectivity index (χ0) is 27.7. The topological polar surface area (TPSA) is 109 Å². The molecule has 2 aliphatic rings. The maximum Gasteiger partial charge on any atom is 0.410 e. The molecule has 2 N–H and O–H groups in total. The highest BCUT2D eigenvalue weighted by Crippen LogP contribution is 2.39. The van der Waals surface area contributed by atoms with Gasteiger partial charge < -0.3 is 34.2 Å². The van der Waals surface area contributed by atoms with Crippen molar-refractivity contribution < 1.29 is 38.4 Å². The molecule has 0 radical (unpaired) electrons. The number of aliphatic hydroxyl groups excluding tert-OH is 1. The summed E-state index contributed by atoms with van der Waals surface area (Å²) in [5.41, 5.74) is -0.799. The minimum atomic E-state index is -1.62. The van der Waals surface area contributed by atoms with Gasteiger partial charge in [-0.2, -0.15) is 0 Å². The lowest BCUT2D eigenvalue weighted by Crippen LogP contribution is -2.59. The SMILES string of the molecule is COc1ccc(CN2C(=O)CCc3c(OC[C@@]4(O)CCN(C(=O)OC(C)(C)C)C[C@@H]4O)ccc(F)c32)cc1. The standard InChI is InChI=1S/C28H35FN2O7/c1-27(2,3)38-26(34)30-14-13-28(35,23(32)16-30)17-37-22-11-10-21(29)25-20(22)9-12-24(33)31(25)15-18-5-7-19(36-4)8-6-18/h5-8,10-11,23,32,35H,9,12-17H2,1-4H3/t23-,28-/m0/s1. The number of nitrogens with zero attached hydrogens (tertiary/aromatic N) is 2. The van der Waals surface area contributed by atoms with E-state index in [9.17, 15) is 19.8 Å². The van der Waals surface area contributed by atoms with E-state index >= 15 is 4.39 Å². The molecule has 2 atom stereocenters. The number of piperidine rings is 1. The molecule has 9 nitrogen and oxygen atoms in total. The average Bonchev–Trinajstić information content (AvgIpc) is 2.86. The molecule has 0 aliphatic carbocycles. The van der Waals surface area contributed by atoms with Gasteiger partial charge in [-0.1, -0.05) is 12.1 Å². The third-order valence-electron chi connectivity index (χ3n) is 6.81. The Morgan fingerprint density at radius 1 is 1.16 bits per heavy atom. The van der Waals surface area contributed by atoms with Gasteiger partial charge in [0.1, 0.15) is 41.2 Å². The van der Waals surface area contributed by atoms with E-state index in [-0.39, 0.29) is 57.1 Å². The summed E-state index contributed by atoms with van der Waals surface area (Å²) in [4.78, 5) is 27.9. The van der Waals surface area contributed by atoms with Crippen LogP contribution in [0.3, 0.4) is 0 Å². The molecule has 4 rings (SSSR count). The number of likely N-dealkylation sites (tertiary alicyclic amines) is 1. The molecule has 0 bridgehead atoms. The van der Waals surface area contributed by atoms with E-state index < -0.39 is 29.2 Å². The molecule has 2 amide bonds. The summed E-state index contributed by atoms with van der Waals surface area (Å²) in [7, 11) is 1.57. The number of benzene rings is 2. The molecule has 2 aliphatic heterocycles. The lowest BCUT2D eigenvalue weighted by molar-refractivity contribution is -0.135. The van der Waals surface area contributed by atoms with Crippen LogP contribution in [0.4, 0.5) is 14.9 Å². The Morgan fingerprint density at radius 2 is 1.87 bits per heavy atom. The zero-order valence-electron chi connectivity index (χ0n) is 22.2. The Bertz CT molecular complexity index is 1180. The first-order chi connectivity index (χ1) is 17.9. The second kappa shape index (κ2) is 10.8. The minimum Gasteiger partial charge on any atom is -0.497 e. The van der Waals surface area contributed by atoms with Crippen molar-refractivity contribution in [3.8, 4) is 11.5 Å². The summed E-state index contributed by atoms with van der Waals surface area (Å²) in [6.07, 6.45) is -1.30. The largest absolute Gasteiger partial charge is 0.497 e. The number of hydrogen-bond donors (Lipinski definition) is 2. The van der Waals surface area contributed by atoms with Crippen molar-refractivity contribution in [2.24, 2.45) is 0 Å². The molecule has 0 saturated carbocycles. The number of anilines is 1. The van der Waals surface area contributed by atoms with Crippen molar-refractivity contribution >= 4 is 17.7 Å². The van der Waals surface area contributed by atoms with Crippen molar-refractivity contribution in [3.05, 3.63) is 53.3 Å². The number of carbonyl (C=O) groups is 2. The summed E-state index contributed by atoms with van der Waals surface area (Å²) < 4.78 is 31.5. The highest BCUT2D eigenvalue weighted by molar-refractivity contribution is 5.97. The van der Waals surface area contributed by atoms with E-state index in [0.29, 0.717) is 17.1 Å². The van der Waals surface area contributed by atoms with Crippen LogP contribution >= 0.6 is 0 Å². The maximum atomic E-state index is 15.1. The molecule has 0 unspecified atom stereocenters. The Balaban J connectivity index is 1.48. The summed E-state index contributed by atoms with van der Waals surface area (Å²) in [6, 6.07) is 9.90. The van der Waals surface area contributed by atoms with Gasteiger partial charge in [0.15, 0.2) is 0 Å². The van der Waals surface area contributed by atoms with Gasteiger partial charge in [0.05, 0.1) is 25.9 Å². The lowest BCUT2D eigenvalue weighted by atomic mass is 9.89. The van der Waals surface area contributed by atoms with E-state index in [1.165, 1.54) is 21.9 Å². The number of amides is 2. The number of aliphatic hydroxyl groups is 2. The fourth-order valence-electron chi connectivity index (χ4n) is 4.66. The number of methoxy groups -OCH3 is 1. The Kier molecular flexibility index (Phi) is 7.85. The summed E-state index contributed by atoms with van der Waals surface area (Å²) >= 11 is 0. The summed E-state index contributed by atoms with van der Waals surface area (Å²) in [5, 5.41) is 21.8. The van der Waals surface area contributed by atoms with Crippen LogP contribution in [0.15, 0.2) is 36.4 Å². The van der Waals surface area contributed by atoms with Crippen molar-refractivity contribution in [1.82, 2.24) is 4.90 Å². The molecule has 2 aromatic carbocycles. The first-order valence-corrected chi connectivity index (χ1v) is 12.7. The average molecular weight is 531 g/mol. The van der Waals surface area contributed by atoms with Crippen molar-refractivity contribution in [1.29, 1.82) is 0 Å². The molecular formula is C28H35FN2O7. The Hall–Kier alpha value is -3.37. The fourth-order valence-corrected chi connectivity index (χ4v) is 4.66. The zero-order valence-corrected chi connectivity index (χ0v) is 22.2. The van der Waals surface area contributed by atoms with Crippen molar-refractivity contribution in [2.75, 3.05) is 31.7 Å². The first-order valence-electron chi connectivity index (χ1n) is 12.7. The van der Waals surface area contributed by atoms with Crippen molar-refractivity contribution in [2.45, 2.75) is 63.9 Å². The molecule has 38 heavy (non-hydrogen) atoms. The van der Waals surface area contributed by atoms with Gasteiger partial charge in [-0.05, 0) is 63.4 Å². The van der Waals surface area contributed by atoms with Crippen LogP contribution in [0.2, 0.25) is 0 Å². The van der Waals surface area contributed by atoms with Crippen LogP contribution in [-0.4, -0.2) is 71.2 Å². The molecule has 1 fully saturated rings. The van der Waals surface area contributed by atoms with E-state index in [4.69, 9.17) is 14.2 Å². The highest BCUT2D eigenvalue weighted by Gasteiger charge is 2.44. The van der Waals surface area contributed by atoms with Gasteiger partial charge >= 0.3 is 6.09 Å². The molecule has 0 aromatic heterocycles. The van der Waals surface area contributed by atoms with E-state index in [1.807, 2.05) is 12.1 Å². The van der Waals surface area contributed by atoms with Gasteiger partial charge in [-0.25, -0.2) is 9.18 Å². The quantitative estimate of drug-likeness (QED) is 0.589. The molecule has 2 aromatic rings. The normalized spacial score (nSPS) is 21.7. The number of fused-ring (bicyclic) bond motifs is 1. The second-order valence-corrected chi connectivity index (χ2v) is 10.8. The van der Waals surface area contributed by atoms with Gasteiger partial charge in [-0.3, -0.25) is 4.79 Å².